The van der Waals surface area contributed by atoms with E-state index in [0.29, 0.717) is 13.2 Å². The minimum absolute atomic E-state index is 0. The first kappa shape index (κ1) is 19.8. The molecule has 6 nitrogen and oxygen atoms in total. The number of nitrogens with one attached hydrogen (secondary N) is 2. The zero-order valence-electron chi connectivity index (χ0n) is 11.6. The molecule has 0 atom stereocenters. The SMILES string of the molecule is CCCCOC(=O)NC(=O)NCC[N+](C)(C)C.[I-]. The molecule has 108 valence electrons. The van der Waals surface area contributed by atoms with Gasteiger partial charge in [0.1, 0.15) is 0 Å². The van der Waals surface area contributed by atoms with Crippen molar-refractivity contribution in [3.8, 4) is 0 Å². The van der Waals surface area contributed by atoms with Crippen molar-refractivity contribution in [2.75, 3.05) is 40.8 Å². The van der Waals surface area contributed by atoms with Gasteiger partial charge >= 0.3 is 12.1 Å². The van der Waals surface area contributed by atoms with E-state index in [9.17, 15) is 9.59 Å². The summed E-state index contributed by atoms with van der Waals surface area (Å²) in [5, 5.41) is 4.70. The maximum atomic E-state index is 11.2. The third kappa shape index (κ3) is 13.5. The summed E-state index contributed by atoms with van der Waals surface area (Å²) < 4.78 is 5.54. The van der Waals surface area contributed by atoms with Crippen LogP contribution in [0, 0.1) is 0 Å². The molecule has 0 aromatic heterocycles. The highest BCUT2D eigenvalue weighted by atomic mass is 127. The van der Waals surface area contributed by atoms with Gasteiger partial charge in [0.15, 0.2) is 0 Å². The van der Waals surface area contributed by atoms with Crippen LogP contribution in [0.25, 0.3) is 0 Å². The van der Waals surface area contributed by atoms with E-state index in [1.165, 1.54) is 0 Å². The average Bonchev–Trinajstić information content (AvgIpc) is 2.15. The third-order valence-corrected chi connectivity index (χ3v) is 2.01. The Balaban J connectivity index is 0. The number of rotatable bonds is 6. The number of hydrogen-bond donors (Lipinski definition) is 2. The average molecular weight is 373 g/mol. The van der Waals surface area contributed by atoms with Crippen molar-refractivity contribution in [3.05, 3.63) is 0 Å². The van der Waals surface area contributed by atoms with E-state index >= 15 is 0 Å². The monoisotopic (exact) mass is 373 g/mol. The molecular weight excluding hydrogens is 349 g/mol. The number of carbonyl (C=O) groups is 2. The minimum Gasteiger partial charge on any atom is -1.00 e. The fourth-order valence-electron chi connectivity index (χ4n) is 0.987. The van der Waals surface area contributed by atoms with Crippen molar-refractivity contribution in [1.29, 1.82) is 0 Å². The van der Waals surface area contributed by atoms with Gasteiger partial charge in [-0.15, -0.1) is 0 Å². The molecule has 0 heterocycles. The van der Waals surface area contributed by atoms with Gasteiger partial charge < -0.3 is 38.5 Å². The molecule has 0 unspecified atom stereocenters. The quantitative estimate of drug-likeness (QED) is 0.320. The van der Waals surface area contributed by atoms with Crippen LogP contribution in [0.3, 0.4) is 0 Å². The molecule has 0 aliphatic carbocycles. The van der Waals surface area contributed by atoms with E-state index < -0.39 is 12.1 Å². The van der Waals surface area contributed by atoms with Crippen LogP contribution >= 0.6 is 0 Å². The third-order valence-electron chi connectivity index (χ3n) is 2.01. The molecule has 18 heavy (non-hydrogen) atoms. The van der Waals surface area contributed by atoms with Gasteiger partial charge in [-0.1, -0.05) is 13.3 Å². The number of nitrogens with zero attached hydrogens (tertiary/aromatic N) is 1. The van der Waals surface area contributed by atoms with E-state index in [2.05, 4.69) is 10.6 Å². The zero-order valence-corrected chi connectivity index (χ0v) is 13.7. The number of urea groups is 1. The summed E-state index contributed by atoms with van der Waals surface area (Å²) in [4.78, 5) is 22.3. The number of alkyl carbamates (subject to hydrolysis) is 1. The standard InChI is InChI=1S/C11H23N3O3.HI/c1-5-6-9-17-11(16)13-10(15)12-7-8-14(2,3)4;/h5-9H2,1-4H3,(H-,12,13,15,16);1H. The fraction of sp³-hybridized carbons (Fsp3) is 0.818. The molecule has 0 rings (SSSR count). The number of likely N-dealkylation sites (N-methyl/N-ethyl adjacent to an activating group) is 1. The second-order valence-corrected chi connectivity index (χ2v) is 4.88. The molecule has 3 amide bonds. The summed E-state index contributed by atoms with van der Waals surface area (Å²) in [6.45, 7) is 3.64. The number of ether oxygens (including phenoxy) is 1. The van der Waals surface area contributed by atoms with Crippen LogP contribution in [-0.4, -0.2) is 57.4 Å². The van der Waals surface area contributed by atoms with Crippen LogP contribution in [0.5, 0.6) is 0 Å². The molecule has 0 aliphatic heterocycles. The number of unbranched alkanes of at least 4 members (excludes halogenated alkanes) is 1. The fourth-order valence-corrected chi connectivity index (χ4v) is 0.987. The lowest BCUT2D eigenvalue weighted by Crippen LogP contribution is -3.00. The van der Waals surface area contributed by atoms with Gasteiger partial charge in [-0.25, -0.2) is 14.9 Å². The Labute approximate surface area is 126 Å². The smallest absolute Gasteiger partial charge is 0.415 e. The lowest BCUT2D eigenvalue weighted by Gasteiger charge is -2.23. The lowest BCUT2D eigenvalue weighted by molar-refractivity contribution is -0.869. The number of quaternary nitrogens is 1. The zero-order chi connectivity index (χ0) is 13.3. The van der Waals surface area contributed by atoms with Gasteiger partial charge in [-0.05, 0) is 6.42 Å². The van der Waals surface area contributed by atoms with Gasteiger partial charge in [-0.2, -0.15) is 0 Å². The molecule has 0 fully saturated rings. The van der Waals surface area contributed by atoms with Crippen molar-refractivity contribution in [1.82, 2.24) is 10.6 Å². The van der Waals surface area contributed by atoms with Crippen LogP contribution in [0.4, 0.5) is 9.59 Å². The highest BCUT2D eigenvalue weighted by molar-refractivity contribution is 5.90. The predicted molar refractivity (Wildman–Crippen MR) is 65.7 cm³/mol. The van der Waals surface area contributed by atoms with Gasteiger partial charge in [0.05, 0.1) is 40.8 Å². The Kier molecular flexibility index (Phi) is 11.4. The Bertz CT molecular complexity index is 254. The molecule has 0 aromatic carbocycles. The number of hydrogen-bond acceptors (Lipinski definition) is 3. The first-order chi connectivity index (χ1) is 7.85. The summed E-state index contributed by atoms with van der Waals surface area (Å²) in [6, 6.07) is -0.514. The van der Waals surface area contributed by atoms with E-state index in [0.717, 1.165) is 23.9 Å². The topological polar surface area (TPSA) is 67.4 Å². The Morgan fingerprint density at radius 2 is 1.83 bits per heavy atom. The van der Waals surface area contributed by atoms with Crippen LogP contribution in [0.2, 0.25) is 0 Å². The maximum Gasteiger partial charge on any atom is 0.415 e. The van der Waals surface area contributed by atoms with E-state index in [1.54, 1.807) is 0 Å². The number of carbonyl (C=O) groups excluding carboxylic acids is 2. The minimum atomic E-state index is -0.693. The molecule has 0 saturated carbocycles. The van der Waals surface area contributed by atoms with Gasteiger partial charge in [-0.3, -0.25) is 0 Å². The summed E-state index contributed by atoms with van der Waals surface area (Å²) in [7, 11) is 6.08. The largest absolute Gasteiger partial charge is 1.00 e. The first-order valence-electron chi connectivity index (χ1n) is 5.87. The van der Waals surface area contributed by atoms with Crippen LogP contribution < -0.4 is 34.6 Å². The van der Waals surface area contributed by atoms with Crippen LogP contribution in [0.1, 0.15) is 19.8 Å². The first-order valence-corrected chi connectivity index (χ1v) is 5.87. The predicted octanol–water partition coefficient (Wildman–Crippen LogP) is -2.07. The second kappa shape index (κ2) is 10.4. The van der Waals surface area contributed by atoms with Gasteiger partial charge in [0.25, 0.3) is 0 Å². The molecule has 0 aromatic rings. The van der Waals surface area contributed by atoms with Crippen molar-refractivity contribution >= 4 is 12.1 Å². The molecule has 7 heteroatoms. The Hall–Kier alpha value is -0.570. The molecule has 0 saturated heterocycles. The van der Waals surface area contributed by atoms with Crippen molar-refractivity contribution in [3.63, 3.8) is 0 Å². The van der Waals surface area contributed by atoms with Crippen molar-refractivity contribution < 1.29 is 42.8 Å². The number of halogens is 1. The normalized spacial score (nSPS) is 10.2. The highest BCUT2D eigenvalue weighted by Gasteiger charge is 2.10. The molecule has 0 radical (unpaired) electrons. The molecule has 0 aliphatic rings. The Morgan fingerprint density at radius 1 is 1.22 bits per heavy atom. The molecule has 2 N–H and O–H groups in total. The maximum absolute atomic E-state index is 11.2. The van der Waals surface area contributed by atoms with Crippen LogP contribution in [0.15, 0.2) is 0 Å². The molecular formula is C11H24IN3O3. The van der Waals surface area contributed by atoms with Crippen molar-refractivity contribution in [2.24, 2.45) is 0 Å². The van der Waals surface area contributed by atoms with E-state index in [-0.39, 0.29) is 24.0 Å². The lowest BCUT2D eigenvalue weighted by atomic mass is 10.4. The Morgan fingerprint density at radius 3 is 2.33 bits per heavy atom. The van der Waals surface area contributed by atoms with E-state index in [4.69, 9.17) is 4.74 Å². The van der Waals surface area contributed by atoms with Gasteiger partial charge in [0, 0.05) is 0 Å². The summed E-state index contributed by atoms with van der Waals surface area (Å²) >= 11 is 0. The summed E-state index contributed by atoms with van der Waals surface area (Å²) in [5.74, 6) is 0. The van der Waals surface area contributed by atoms with Crippen LogP contribution in [-0.2, 0) is 4.74 Å². The second-order valence-electron chi connectivity index (χ2n) is 4.88. The number of imide groups is 1. The van der Waals surface area contributed by atoms with Crippen molar-refractivity contribution in [2.45, 2.75) is 19.8 Å². The molecule has 0 bridgehead atoms. The summed E-state index contributed by atoms with van der Waals surface area (Å²) in [6.07, 6.45) is 1.06. The number of amides is 3. The molecule has 0 spiro atoms. The van der Waals surface area contributed by atoms with Gasteiger partial charge in [0.2, 0.25) is 0 Å². The highest BCUT2D eigenvalue weighted by Crippen LogP contribution is 1.89. The summed E-state index contributed by atoms with van der Waals surface area (Å²) in [5.41, 5.74) is 0. The van der Waals surface area contributed by atoms with E-state index in [1.807, 2.05) is 28.1 Å².